The van der Waals surface area contributed by atoms with Gasteiger partial charge in [-0.3, -0.25) is 15.2 Å². The van der Waals surface area contributed by atoms with E-state index in [1.54, 1.807) is 11.3 Å². The lowest BCUT2D eigenvalue weighted by atomic mass is 10.1. The fraction of sp³-hybridized carbons (Fsp3) is 0.533. The number of H-pyrrole nitrogens is 1. The summed E-state index contributed by atoms with van der Waals surface area (Å²) in [6, 6.07) is 0. The van der Waals surface area contributed by atoms with Gasteiger partial charge in [-0.2, -0.15) is 5.10 Å². The number of rotatable bonds is 2. The van der Waals surface area contributed by atoms with E-state index in [2.05, 4.69) is 25.8 Å². The molecule has 8 heteroatoms. The van der Waals surface area contributed by atoms with Crippen LogP contribution in [0.5, 0.6) is 0 Å². The molecule has 0 bridgehead atoms. The van der Waals surface area contributed by atoms with Gasteiger partial charge in [0.2, 0.25) is 0 Å². The highest BCUT2D eigenvalue weighted by Crippen LogP contribution is 2.29. The standard InChI is InChI=1S/C15H19N5OS.ClH/c21-14(13-9-8-16-7-6-10(9)19-20-13)18-15-17-11-4-2-1-3-5-12(11)22-15;/h16H,1-8H2,(H,19,20)(H,17,18,21);1H. The molecule has 0 radical (unpaired) electrons. The van der Waals surface area contributed by atoms with E-state index in [9.17, 15) is 4.79 Å². The van der Waals surface area contributed by atoms with Crippen LogP contribution in [0.3, 0.4) is 0 Å². The topological polar surface area (TPSA) is 82.7 Å². The van der Waals surface area contributed by atoms with Crippen molar-refractivity contribution in [2.75, 3.05) is 11.9 Å². The third kappa shape index (κ3) is 3.27. The molecule has 23 heavy (non-hydrogen) atoms. The first kappa shape index (κ1) is 16.4. The molecule has 1 aliphatic carbocycles. The van der Waals surface area contributed by atoms with E-state index in [1.165, 1.54) is 29.8 Å². The molecule has 0 atom stereocenters. The molecular formula is C15H20ClN5OS. The average molecular weight is 354 g/mol. The van der Waals surface area contributed by atoms with Crippen LogP contribution < -0.4 is 10.6 Å². The highest BCUT2D eigenvalue weighted by Gasteiger charge is 2.23. The smallest absolute Gasteiger partial charge is 0.278 e. The number of halogens is 1. The second-order valence-corrected chi connectivity index (χ2v) is 6.94. The molecule has 0 unspecified atom stereocenters. The van der Waals surface area contributed by atoms with Crippen molar-refractivity contribution in [1.82, 2.24) is 20.5 Å². The molecule has 124 valence electrons. The highest BCUT2D eigenvalue weighted by atomic mass is 35.5. The zero-order chi connectivity index (χ0) is 14.9. The van der Waals surface area contributed by atoms with E-state index in [0.717, 1.165) is 37.1 Å². The van der Waals surface area contributed by atoms with Crippen LogP contribution in [0.2, 0.25) is 0 Å². The number of thiazole rings is 1. The summed E-state index contributed by atoms with van der Waals surface area (Å²) >= 11 is 1.61. The van der Waals surface area contributed by atoms with Gasteiger partial charge in [0.1, 0.15) is 0 Å². The third-order valence-electron chi connectivity index (χ3n) is 4.34. The van der Waals surface area contributed by atoms with Gasteiger partial charge >= 0.3 is 0 Å². The van der Waals surface area contributed by atoms with Gasteiger partial charge in [-0.15, -0.1) is 23.7 Å². The van der Waals surface area contributed by atoms with Crippen molar-refractivity contribution in [3.63, 3.8) is 0 Å². The molecular weight excluding hydrogens is 334 g/mol. The summed E-state index contributed by atoms with van der Waals surface area (Å²) < 4.78 is 0. The summed E-state index contributed by atoms with van der Waals surface area (Å²) in [5.41, 5.74) is 3.72. The van der Waals surface area contributed by atoms with E-state index in [4.69, 9.17) is 0 Å². The number of nitrogens with one attached hydrogen (secondary N) is 3. The number of nitrogens with zero attached hydrogens (tertiary/aromatic N) is 2. The lowest BCUT2D eigenvalue weighted by Gasteiger charge is -2.12. The van der Waals surface area contributed by atoms with Crippen molar-refractivity contribution in [3.8, 4) is 0 Å². The summed E-state index contributed by atoms with van der Waals surface area (Å²) in [5.74, 6) is -0.162. The molecule has 6 nitrogen and oxygen atoms in total. The van der Waals surface area contributed by atoms with Gasteiger partial charge < -0.3 is 5.32 Å². The number of anilines is 1. The number of hydrogen-bond acceptors (Lipinski definition) is 5. The molecule has 0 aromatic carbocycles. The third-order valence-corrected chi connectivity index (χ3v) is 5.41. The molecule has 4 rings (SSSR count). The average Bonchev–Trinajstić information content (AvgIpc) is 3.05. The second kappa shape index (κ2) is 6.98. The van der Waals surface area contributed by atoms with Crippen molar-refractivity contribution >= 4 is 34.8 Å². The predicted octanol–water partition coefficient (Wildman–Crippen LogP) is 2.45. The Morgan fingerprint density at radius 1 is 1.17 bits per heavy atom. The molecule has 3 heterocycles. The first-order valence-electron chi connectivity index (χ1n) is 7.88. The SMILES string of the molecule is Cl.O=C(Nc1nc2c(s1)CCCCC2)c1n[nH]c2c1CNCC2. The Bertz CT molecular complexity index is 687. The van der Waals surface area contributed by atoms with Crippen molar-refractivity contribution in [2.24, 2.45) is 0 Å². The number of carbonyl (C=O) groups excluding carboxylic acids is 1. The summed E-state index contributed by atoms with van der Waals surface area (Å²) in [6.07, 6.45) is 6.70. The predicted molar refractivity (Wildman–Crippen MR) is 92.6 cm³/mol. The van der Waals surface area contributed by atoms with E-state index in [-0.39, 0.29) is 18.3 Å². The number of amides is 1. The molecule has 1 aliphatic heterocycles. The van der Waals surface area contributed by atoms with Gasteiger partial charge in [-0.25, -0.2) is 4.98 Å². The molecule has 0 saturated carbocycles. The van der Waals surface area contributed by atoms with Crippen molar-refractivity contribution < 1.29 is 4.79 Å². The van der Waals surface area contributed by atoms with Crippen LogP contribution in [-0.2, 0) is 25.8 Å². The van der Waals surface area contributed by atoms with Crippen LogP contribution >= 0.6 is 23.7 Å². The molecule has 0 saturated heterocycles. The number of hydrogen-bond donors (Lipinski definition) is 3. The van der Waals surface area contributed by atoms with Crippen molar-refractivity contribution in [1.29, 1.82) is 0 Å². The van der Waals surface area contributed by atoms with Crippen LogP contribution in [0.15, 0.2) is 0 Å². The minimum Gasteiger partial charge on any atom is -0.312 e. The van der Waals surface area contributed by atoms with Gasteiger partial charge in [0.15, 0.2) is 10.8 Å². The van der Waals surface area contributed by atoms with Crippen molar-refractivity contribution in [3.05, 3.63) is 27.5 Å². The normalized spacial score (nSPS) is 16.7. The number of aromatic nitrogens is 3. The summed E-state index contributed by atoms with van der Waals surface area (Å²) in [5, 5.41) is 14.1. The molecule has 0 spiro atoms. The van der Waals surface area contributed by atoms with Gasteiger partial charge in [-0.1, -0.05) is 6.42 Å². The Morgan fingerprint density at radius 3 is 2.96 bits per heavy atom. The summed E-state index contributed by atoms with van der Waals surface area (Å²) in [4.78, 5) is 18.4. The molecule has 1 amide bonds. The van der Waals surface area contributed by atoms with E-state index in [1.807, 2.05) is 0 Å². The Morgan fingerprint density at radius 2 is 2.04 bits per heavy atom. The van der Waals surface area contributed by atoms with Gasteiger partial charge in [0.05, 0.1) is 5.69 Å². The molecule has 2 aromatic rings. The van der Waals surface area contributed by atoms with Crippen LogP contribution in [-0.4, -0.2) is 27.6 Å². The Kier molecular flexibility index (Phi) is 4.99. The Labute approximate surface area is 144 Å². The highest BCUT2D eigenvalue weighted by molar-refractivity contribution is 7.15. The number of fused-ring (bicyclic) bond motifs is 2. The quantitative estimate of drug-likeness (QED) is 0.724. The van der Waals surface area contributed by atoms with Gasteiger partial charge in [0.25, 0.3) is 5.91 Å². The Hall–Kier alpha value is -1.44. The first-order chi connectivity index (χ1) is 10.8. The largest absolute Gasteiger partial charge is 0.312 e. The monoisotopic (exact) mass is 353 g/mol. The van der Waals surface area contributed by atoms with E-state index < -0.39 is 0 Å². The minimum atomic E-state index is -0.162. The molecule has 0 fully saturated rings. The fourth-order valence-corrected chi connectivity index (χ4v) is 4.20. The Balaban J connectivity index is 0.00000156. The maximum Gasteiger partial charge on any atom is 0.278 e. The number of aromatic amines is 1. The maximum absolute atomic E-state index is 12.5. The fourth-order valence-electron chi connectivity index (χ4n) is 3.15. The van der Waals surface area contributed by atoms with Crippen LogP contribution in [0, 0.1) is 0 Å². The van der Waals surface area contributed by atoms with Crippen molar-refractivity contribution in [2.45, 2.75) is 45.1 Å². The molecule has 2 aliphatic rings. The second-order valence-electron chi connectivity index (χ2n) is 5.86. The zero-order valence-corrected chi connectivity index (χ0v) is 14.4. The first-order valence-corrected chi connectivity index (χ1v) is 8.69. The zero-order valence-electron chi connectivity index (χ0n) is 12.8. The van der Waals surface area contributed by atoms with Gasteiger partial charge in [0, 0.05) is 35.6 Å². The summed E-state index contributed by atoms with van der Waals surface area (Å²) in [7, 11) is 0. The minimum absolute atomic E-state index is 0. The number of carbonyl (C=O) groups is 1. The van der Waals surface area contributed by atoms with Crippen LogP contribution in [0.25, 0.3) is 0 Å². The van der Waals surface area contributed by atoms with Crippen LogP contribution in [0.1, 0.15) is 51.6 Å². The van der Waals surface area contributed by atoms with Crippen LogP contribution in [0.4, 0.5) is 5.13 Å². The van der Waals surface area contributed by atoms with E-state index >= 15 is 0 Å². The van der Waals surface area contributed by atoms with E-state index in [0.29, 0.717) is 17.4 Å². The van der Waals surface area contributed by atoms with Gasteiger partial charge in [-0.05, 0) is 25.7 Å². The number of aryl methyl sites for hydroxylation is 2. The lowest BCUT2D eigenvalue weighted by molar-refractivity contribution is 0.102. The molecule has 2 aromatic heterocycles. The lowest BCUT2D eigenvalue weighted by Crippen LogP contribution is -2.25. The maximum atomic E-state index is 12.5. The molecule has 3 N–H and O–H groups in total. The summed E-state index contributed by atoms with van der Waals surface area (Å²) in [6.45, 7) is 1.62.